The van der Waals surface area contributed by atoms with E-state index >= 15 is 0 Å². The Morgan fingerprint density at radius 2 is 2.08 bits per heavy atom. The van der Waals surface area contributed by atoms with Crippen molar-refractivity contribution in [3.05, 3.63) is 63.4 Å². The fraction of sp³-hybridized carbons (Fsp3) is 0.0556. The first kappa shape index (κ1) is 17.1. The van der Waals surface area contributed by atoms with Gasteiger partial charge in [0.25, 0.3) is 0 Å². The summed E-state index contributed by atoms with van der Waals surface area (Å²) in [6, 6.07) is 17.3. The highest BCUT2D eigenvalue weighted by Crippen LogP contribution is 2.25. The predicted molar refractivity (Wildman–Crippen MR) is 104 cm³/mol. The van der Waals surface area contributed by atoms with Gasteiger partial charge < -0.3 is 4.74 Å². The van der Waals surface area contributed by atoms with Gasteiger partial charge in [0, 0.05) is 15.4 Å². The fourth-order valence-corrected chi connectivity index (χ4v) is 3.09. The van der Waals surface area contributed by atoms with Crippen molar-refractivity contribution >= 4 is 38.7 Å². The maximum Gasteiger partial charge on any atom is 0.196 e. The Morgan fingerprint density at radius 1 is 1.28 bits per heavy atom. The monoisotopic (exact) mass is 412 g/mol. The highest BCUT2D eigenvalue weighted by atomic mass is 79.9. The van der Waals surface area contributed by atoms with Gasteiger partial charge in [-0.2, -0.15) is 10.4 Å². The molecule has 1 heterocycles. The highest BCUT2D eigenvalue weighted by molar-refractivity contribution is 9.10. The Hall–Kier alpha value is -2.69. The number of hydrogen-bond donors (Lipinski definition) is 1. The van der Waals surface area contributed by atoms with Crippen molar-refractivity contribution in [3.63, 3.8) is 0 Å². The molecule has 0 bridgehead atoms. The number of aromatic nitrogens is 1. The van der Waals surface area contributed by atoms with Gasteiger partial charge in [-0.3, -0.25) is 5.43 Å². The molecule has 0 unspecified atom stereocenters. The van der Waals surface area contributed by atoms with E-state index in [-0.39, 0.29) is 5.71 Å². The van der Waals surface area contributed by atoms with Crippen molar-refractivity contribution < 1.29 is 4.74 Å². The molecule has 0 aliphatic carbocycles. The lowest BCUT2D eigenvalue weighted by Crippen LogP contribution is -2.01. The van der Waals surface area contributed by atoms with Crippen LogP contribution in [-0.4, -0.2) is 17.8 Å². The number of thiazole rings is 1. The lowest BCUT2D eigenvalue weighted by molar-refractivity contribution is 0.415. The second kappa shape index (κ2) is 7.92. The van der Waals surface area contributed by atoms with Gasteiger partial charge in [-0.05, 0) is 36.4 Å². The molecule has 0 saturated carbocycles. The summed E-state index contributed by atoms with van der Waals surface area (Å²) >= 11 is 4.75. The standard InChI is InChI=1S/C18H13BrN4OS/c1-24-15-4-2-3-12(9-15)17-11-25-18(21-17)16(10-20)23-22-14-7-5-13(19)6-8-14/h2-9,11,22H,1H3. The third-order valence-corrected chi connectivity index (χ3v) is 4.70. The van der Waals surface area contributed by atoms with Crippen LogP contribution in [0.2, 0.25) is 0 Å². The van der Waals surface area contributed by atoms with Crippen LogP contribution in [0.5, 0.6) is 5.75 Å². The number of nitrogens with one attached hydrogen (secondary N) is 1. The fourth-order valence-electron chi connectivity index (χ4n) is 2.06. The maximum absolute atomic E-state index is 9.38. The number of methoxy groups -OCH3 is 1. The molecular formula is C18H13BrN4OS. The number of hydrazone groups is 1. The molecule has 0 spiro atoms. The Kier molecular flexibility index (Phi) is 5.43. The van der Waals surface area contributed by atoms with Crippen molar-refractivity contribution in [2.75, 3.05) is 12.5 Å². The van der Waals surface area contributed by atoms with E-state index in [1.807, 2.05) is 53.9 Å². The van der Waals surface area contributed by atoms with Crippen LogP contribution in [0.4, 0.5) is 5.69 Å². The summed E-state index contributed by atoms with van der Waals surface area (Å²) in [4.78, 5) is 4.52. The van der Waals surface area contributed by atoms with Crippen LogP contribution in [0.1, 0.15) is 5.01 Å². The summed E-state index contributed by atoms with van der Waals surface area (Å²) in [5, 5.41) is 16.0. The second-order valence-electron chi connectivity index (χ2n) is 4.96. The molecule has 0 aliphatic rings. The molecule has 0 radical (unpaired) electrons. The predicted octanol–water partition coefficient (Wildman–Crippen LogP) is 4.92. The third-order valence-electron chi connectivity index (χ3n) is 3.32. The first-order valence-corrected chi connectivity index (χ1v) is 8.96. The summed E-state index contributed by atoms with van der Waals surface area (Å²) in [7, 11) is 1.62. The van der Waals surface area contributed by atoms with E-state index in [2.05, 4.69) is 37.5 Å². The molecule has 0 atom stereocenters. The van der Waals surface area contributed by atoms with Crippen LogP contribution in [0.25, 0.3) is 11.3 Å². The van der Waals surface area contributed by atoms with Crippen molar-refractivity contribution in [1.29, 1.82) is 5.26 Å². The average Bonchev–Trinajstić information content (AvgIpc) is 3.14. The van der Waals surface area contributed by atoms with Gasteiger partial charge in [0.2, 0.25) is 0 Å². The molecule has 7 heteroatoms. The van der Waals surface area contributed by atoms with Crippen LogP contribution >= 0.6 is 27.3 Å². The molecule has 3 aromatic rings. The lowest BCUT2D eigenvalue weighted by Gasteiger charge is -2.01. The van der Waals surface area contributed by atoms with E-state index in [1.165, 1.54) is 11.3 Å². The molecule has 0 aliphatic heterocycles. The zero-order valence-corrected chi connectivity index (χ0v) is 15.6. The molecule has 1 N–H and O–H groups in total. The van der Waals surface area contributed by atoms with Gasteiger partial charge >= 0.3 is 0 Å². The van der Waals surface area contributed by atoms with Gasteiger partial charge in [-0.1, -0.05) is 28.1 Å². The average molecular weight is 413 g/mol. The van der Waals surface area contributed by atoms with E-state index < -0.39 is 0 Å². The minimum absolute atomic E-state index is 0.238. The van der Waals surface area contributed by atoms with Gasteiger partial charge in [0.1, 0.15) is 11.8 Å². The zero-order valence-electron chi connectivity index (χ0n) is 13.2. The Morgan fingerprint density at radius 3 is 2.80 bits per heavy atom. The van der Waals surface area contributed by atoms with Crippen molar-refractivity contribution in [3.8, 4) is 23.1 Å². The molecule has 1 aromatic heterocycles. The van der Waals surface area contributed by atoms with E-state index in [9.17, 15) is 5.26 Å². The van der Waals surface area contributed by atoms with Crippen LogP contribution in [0.15, 0.2) is 63.5 Å². The Balaban J connectivity index is 1.82. The van der Waals surface area contributed by atoms with Crippen LogP contribution in [0.3, 0.4) is 0 Å². The molecule has 124 valence electrons. The largest absolute Gasteiger partial charge is 0.497 e. The first-order chi connectivity index (χ1) is 12.2. The minimum atomic E-state index is 0.238. The molecule has 0 saturated heterocycles. The number of rotatable bonds is 5. The summed E-state index contributed by atoms with van der Waals surface area (Å²) in [5.41, 5.74) is 5.62. The number of hydrogen-bond acceptors (Lipinski definition) is 6. The third kappa shape index (κ3) is 4.24. The summed E-state index contributed by atoms with van der Waals surface area (Å²) in [6.07, 6.45) is 0. The maximum atomic E-state index is 9.38. The SMILES string of the molecule is COc1cccc(-c2csc(C(C#N)=NNc3ccc(Br)cc3)n2)c1. The normalized spacial score (nSPS) is 11.0. The summed E-state index contributed by atoms with van der Waals surface area (Å²) < 4.78 is 6.21. The van der Waals surface area contributed by atoms with Crippen LogP contribution < -0.4 is 10.2 Å². The smallest absolute Gasteiger partial charge is 0.196 e. The van der Waals surface area contributed by atoms with Gasteiger partial charge in [0.15, 0.2) is 10.7 Å². The summed E-state index contributed by atoms with van der Waals surface area (Å²) in [5.74, 6) is 0.762. The quantitative estimate of drug-likeness (QED) is 0.476. The van der Waals surface area contributed by atoms with E-state index in [0.717, 1.165) is 27.2 Å². The molecule has 0 fully saturated rings. The Bertz CT molecular complexity index is 944. The molecule has 3 rings (SSSR count). The summed E-state index contributed by atoms with van der Waals surface area (Å²) in [6.45, 7) is 0. The molecule has 25 heavy (non-hydrogen) atoms. The second-order valence-corrected chi connectivity index (χ2v) is 6.73. The van der Waals surface area contributed by atoms with E-state index in [1.54, 1.807) is 7.11 Å². The number of anilines is 1. The number of benzene rings is 2. The van der Waals surface area contributed by atoms with Gasteiger partial charge in [-0.25, -0.2) is 4.98 Å². The minimum Gasteiger partial charge on any atom is -0.497 e. The zero-order chi connectivity index (χ0) is 17.6. The van der Waals surface area contributed by atoms with Gasteiger partial charge in [-0.15, -0.1) is 11.3 Å². The Labute approximate surface area is 157 Å². The van der Waals surface area contributed by atoms with E-state index in [4.69, 9.17) is 4.74 Å². The number of halogens is 1. The number of nitrogens with zero attached hydrogens (tertiary/aromatic N) is 3. The van der Waals surface area contributed by atoms with Crippen LogP contribution in [-0.2, 0) is 0 Å². The topological polar surface area (TPSA) is 70.3 Å². The van der Waals surface area contributed by atoms with Gasteiger partial charge in [0.05, 0.1) is 18.5 Å². The molecular weight excluding hydrogens is 400 g/mol. The molecule has 0 amide bonds. The lowest BCUT2D eigenvalue weighted by atomic mass is 10.2. The molecule has 2 aromatic carbocycles. The molecule has 5 nitrogen and oxygen atoms in total. The first-order valence-electron chi connectivity index (χ1n) is 7.29. The van der Waals surface area contributed by atoms with E-state index in [0.29, 0.717) is 5.01 Å². The van der Waals surface area contributed by atoms with Crippen molar-refractivity contribution in [2.45, 2.75) is 0 Å². The number of nitriles is 1. The van der Waals surface area contributed by atoms with Crippen molar-refractivity contribution in [2.24, 2.45) is 5.10 Å². The number of ether oxygens (including phenoxy) is 1. The van der Waals surface area contributed by atoms with Crippen molar-refractivity contribution in [1.82, 2.24) is 4.98 Å². The van der Waals surface area contributed by atoms with Crippen LogP contribution in [0, 0.1) is 11.3 Å². The highest BCUT2D eigenvalue weighted by Gasteiger charge is 2.11.